The van der Waals surface area contributed by atoms with E-state index in [9.17, 15) is 14.7 Å². The van der Waals surface area contributed by atoms with Gasteiger partial charge in [-0.3, -0.25) is 4.79 Å². The van der Waals surface area contributed by atoms with E-state index in [1.54, 1.807) is 0 Å². The Labute approximate surface area is 103 Å². The number of aliphatic hydroxyl groups is 1. The van der Waals surface area contributed by atoms with Gasteiger partial charge in [0.05, 0.1) is 18.7 Å². The summed E-state index contributed by atoms with van der Waals surface area (Å²) in [5, 5.41) is 27.9. The lowest BCUT2D eigenvalue weighted by atomic mass is 10.0. The number of hydrogen-bond acceptors (Lipinski definition) is 4. The minimum absolute atomic E-state index is 0.0205. The van der Waals surface area contributed by atoms with Gasteiger partial charge in [0.15, 0.2) is 0 Å². The first-order valence-electron chi connectivity index (χ1n) is 5.56. The van der Waals surface area contributed by atoms with E-state index in [1.165, 1.54) is 16.8 Å². The third-order valence-corrected chi connectivity index (χ3v) is 3.11. The van der Waals surface area contributed by atoms with Crippen molar-refractivity contribution in [2.24, 2.45) is 0 Å². The van der Waals surface area contributed by atoms with Crippen LogP contribution in [0.1, 0.15) is 12.5 Å². The first-order chi connectivity index (χ1) is 8.49. The van der Waals surface area contributed by atoms with Gasteiger partial charge in [0.2, 0.25) is 0 Å². The molecule has 1 aromatic heterocycles. The van der Waals surface area contributed by atoms with Gasteiger partial charge in [0.25, 0.3) is 5.56 Å². The summed E-state index contributed by atoms with van der Waals surface area (Å²) in [6.45, 7) is 0.248. The molecule has 98 valence electrons. The number of rotatable bonds is 1. The van der Waals surface area contributed by atoms with E-state index in [4.69, 9.17) is 10.2 Å². The highest BCUT2D eigenvalue weighted by Crippen LogP contribution is 2.22. The molecule has 0 aliphatic carbocycles. The number of piperidine rings is 1. The fraction of sp³-hybridized carbons (Fsp3) is 0.455. The molecule has 2 atom stereocenters. The highest BCUT2D eigenvalue weighted by Gasteiger charge is 2.31. The van der Waals surface area contributed by atoms with Crippen LogP contribution in [0.5, 0.6) is 5.75 Å². The SMILES string of the molecule is O=C(O)N1CCC(n2ccc(O)cc2=O)C(O)C1. The Morgan fingerprint density at radius 2 is 2.17 bits per heavy atom. The Balaban J connectivity index is 2.20. The standard InChI is InChI=1S/C11H14N2O5/c14-7-1-4-13(10(16)5-7)8-2-3-12(11(17)18)6-9(8)15/h1,4-5,8-9,14-15H,2-3,6H2,(H,17,18). The topological polar surface area (TPSA) is 103 Å². The summed E-state index contributed by atoms with van der Waals surface area (Å²) in [5.74, 6) is -0.131. The van der Waals surface area contributed by atoms with Gasteiger partial charge in [-0.1, -0.05) is 0 Å². The van der Waals surface area contributed by atoms with Crippen molar-refractivity contribution in [1.29, 1.82) is 0 Å². The summed E-state index contributed by atoms with van der Waals surface area (Å²) < 4.78 is 1.32. The third-order valence-electron chi connectivity index (χ3n) is 3.11. The molecule has 7 heteroatoms. The molecule has 3 N–H and O–H groups in total. The number of carbonyl (C=O) groups is 1. The van der Waals surface area contributed by atoms with Crippen molar-refractivity contribution in [3.8, 4) is 5.75 Å². The summed E-state index contributed by atoms with van der Waals surface area (Å²) >= 11 is 0. The van der Waals surface area contributed by atoms with Crippen LogP contribution in [-0.2, 0) is 0 Å². The van der Waals surface area contributed by atoms with Gasteiger partial charge in [-0.05, 0) is 12.5 Å². The van der Waals surface area contributed by atoms with Crippen molar-refractivity contribution in [2.75, 3.05) is 13.1 Å². The minimum Gasteiger partial charge on any atom is -0.508 e. The summed E-state index contributed by atoms with van der Waals surface area (Å²) in [6.07, 6.45) is -0.247. The van der Waals surface area contributed by atoms with Crippen LogP contribution >= 0.6 is 0 Å². The van der Waals surface area contributed by atoms with Gasteiger partial charge in [0.1, 0.15) is 5.75 Å². The maximum absolute atomic E-state index is 11.7. The second-order valence-electron chi connectivity index (χ2n) is 4.28. The van der Waals surface area contributed by atoms with Crippen LogP contribution in [0.2, 0.25) is 0 Å². The molecular formula is C11H14N2O5. The van der Waals surface area contributed by atoms with Gasteiger partial charge in [-0.2, -0.15) is 0 Å². The number of pyridine rings is 1. The van der Waals surface area contributed by atoms with Crippen LogP contribution < -0.4 is 5.56 Å². The Bertz CT molecular complexity index is 512. The molecular weight excluding hydrogens is 240 g/mol. The number of β-amino-alcohol motifs (C(OH)–C–C–N with tert-alkyl or cyclic N) is 1. The summed E-state index contributed by atoms with van der Waals surface area (Å²) in [5.41, 5.74) is -0.414. The molecule has 1 aliphatic rings. The zero-order valence-corrected chi connectivity index (χ0v) is 9.56. The Kier molecular flexibility index (Phi) is 3.24. The summed E-state index contributed by atoms with van der Waals surface area (Å²) in [6, 6.07) is 1.96. The molecule has 1 aliphatic heterocycles. The van der Waals surface area contributed by atoms with Crippen LogP contribution in [0.25, 0.3) is 0 Å². The van der Waals surface area contributed by atoms with E-state index in [0.717, 1.165) is 11.0 Å². The lowest BCUT2D eigenvalue weighted by Crippen LogP contribution is -2.48. The maximum atomic E-state index is 11.7. The van der Waals surface area contributed by atoms with E-state index < -0.39 is 23.8 Å². The summed E-state index contributed by atoms with van der Waals surface area (Å²) in [7, 11) is 0. The number of likely N-dealkylation sites (tertiary alicyclic amines) is 1. The first kappa shape index (κ1) is 12.4. The predicted octanol–water partition coefficient (Wildman–Crippen LogP) is -0.160. The molecule has 1 fully saturated rings. The monoisotopic (exact) mass is 254 g/mol. The van der Waals surface area contributed by atoms with Crippen molar-refractivity contribution in [3.05, 3.63) is 28.7 Å². The number of aromatic nitrogens is 1. The van der Waals surface area contributed by atoms with Crippen molar-refractivity contribution in [1.82, 2.24) is 9.47 Å². The Morgan fingerprint density at radius 1 is 1.44 bits per heavy atom. The van der Waals surface area contributed by atoms with E-state index in [0.29, 0.717) is 6.42 Å². The van der Waals surface area contributed by atoms with Crippen LogP contribution in [-0.4, -0.2) is 50.1 Å². The molecule has 2 unspecified atom stereocenters. The van der Waals surface area contributed by atoms with Crippen LogP contribution in [0.3, 0.4) is 0 Å². The fourth-order valence-electron chi connectivity index (χ4n) is 2.17. The Hall–Kier alpha value is -2.02. The average molecular weight is 254 g/mol. The molecule has 0 aromatic carbocycles. The van der Waals surface area contributed by atoms with Gasteiger partial charge in [-0.15, -0.1) is 0 Å². The van der Waals surface area contributed by atoms with Crippen LogP contribution in [0.4, 0.5) is 4.79 Å². The normalized spacial score (nSPS) is 23.9. The molecule has 18 heavy (non-hydrogen) atoms. The largest absolute Gasteiger partial charge is 0.508 e. The number of aromatic hydroxyl groups is 1. The second kappa shape index (κ2) is 4.69. The van der Waals surface area contributed by atoms with Crippen LogP contribution in [0, 0.1) is 0 Å². The minimum atomic E-state index is -1.08. The average Bonchev–Trinajstić information content (AvgIpc) is 2.30. The van der Waals surface area contributed by atoms with E-state index in [-0.39, 0.29) is 18.8 Å². The zero-order chi connectivity index (χ0) is 13.3. The molecule has 2 rings (SSSR count). The zero-order valence-electron chi connectivity index (χ0n) is 9.56. The predicted molar refractivity (Wildman–Crippen MR) is 61.6 cm³/mol. The van der Waals surface area contributed by atoms with Gasteiger partial charge in [0, 0.05) is 18.8 Å². The maximum Gasteiger partial charge on any atom is 0.407 e. The quantitative estimate of drug-likeness (QED) is 0.646. The second-order valence-corrected chi connectivity index (χ2v) is 4.28. The lowest BCUT2D eigenvalue weighted by Gasteiger charge is -2.35. The molecule has 0 bridgehead atoms. The van der Waals surface area contributed by atoms with Crippen molar-refractivity contribution < 1.29 is 20.1 Å². The molecule has 1 aromatic rings. The van der Waals surface area contributed by atoms with E-state index in [1.807, 2.05) is 0 Å². The number of nitrogens with zero attached hydrogens (tertiary/aromatic N) is 2. The lowest BCUT2D eigenvalue weighted by molar-refractivity contribution is 0.0284. The molecule has 1 amide bonds. The highest BCUT2D eigenvalue weighted by molar-refractivity contribution is 5.65. The summed E-state index contributed by atoms with van der Waals surface area (Å²) in [4.78, 5) is 23.5. The molecule has 0 saturated carbocycles. The smallest absolute Gasteiger partial charge is 0.407 e. The van der Waals surface area contributed by atoms with Crippen molar-refractivity contribution >= 4 is 6.09 Å². The fourth-order valence-corrected chi connectivity index (χ4v) is 2.17. The highest BCUT2D eigenvalue weighted by atomic mass is 16.4. The van der Waals surface area contributed by atoms with Crippen LogP contribution in [0.15, 0.2) is 23.1 Å². The number of hydrogen-bond donors (Lipinski definition) is 3. The first-order valence-corrected chi connectivity index (χ1v) is 5.56. The molecule has 2 heterocycles. The van der Waals surface area contributed by atoms with Crippen molar-refractivity contribution in [3.63, 3.8) is 0 Å². The molecule has 7 nitrogen and oxygen atoms in total. The van der Waals surface area contributed by atoms with E-state index in [2.05, 4.69) is 0 Å². The Morgan fingerprint density at radius 3 is 2.72 bits per heavy atom. The molecule has 0 spiro atoms. The molecule has 1 saturated heterocycles. The third kappa shape index (κ3) is 2.30. The van der Waals surface area contributed by atoms with Gasteiger partial charge < -0.3 is 24.8 Å². The van der Waals surface area contributed by atoms with Gasteiger partial charge in [-0.25, -0.2) is 4.79 Å². The molecule has 0 radical (unpaired) electrons. The van der Waals surface area contributed by atoms with Gasteiger partial charge >= 0.3 is 6.09 Å². The van der Waals surface area contributed by atoms with Crippen molar-refractivity contribution in [2.45, 2.75) is 18.6 Å². The number of carboxylic acid groups (broad SMARTS) is 1. The number of aliphatic hydroxyl groups excluding tert-OH is 1. The van der Waals surface area contributed by atoms with E-state index >= 15 is 0 Å². The number of amides is 1.